The summed E-state index contributed by atoms with van der Waals surface area (Å²) in [5.41, 5.74) is 3.14. The molecule has 30 heavy (non-hydrogen) atoms. The van der Waals surface area contributed by atoms with Gasteiger partial charge in [-0.2, -0.15) is 0 Å². The Morgan fingerprint density at radius 2 is 1.97 bits per heavy atom. The molecule has 0 radical (unpaired) electrons. The van der Waals surface area contributed by atoms with Crippen molar-refractivity contribution in [2.45, 2.75) is 59.9 Å². The number of nitrogens with zero attached hydrogens (tertiary/aromatic N) is 2. The number of thiophene rings is 1. The van der Waals surface area contributed by atoms with Crippen molar-refractivity contribution in [2.75, 3.05) is 5.32 Å². The number of hydrogen-bond acceptors (Lipinski definition) is 4. The van der Waals surface area contributed by atoms with Gasteiger partial charge in [0.1, 0.15) is 10.9 Å². The van der Waals surface area contributed by atoms with Crippen LogP contribution in [-0.2, 0) is 17.6 Å². The van der Waals surface area contributed by atoms with Crippen molar-refractivity contribution in [2.24, 2.45) is 11.3 Å². The summed E-state index contributed by atoms with van der Waals surface area (Å²) in [5, 5.41) is 3.61. The number of amides is 1. The SMILES string of the molecule is Cc1ccc(NC(=O)[C@H](C)n2cnc3sc4c(c3c2=O)CC[C@H](C(C)(C)C)C4)cc1. The van der Waals surface area contributed by atoms with Crippen LogP contribution in [0.2, 0.25) is 0 Å². The standard InChI is InChI=1S/C24H29N3O2S/c1-14-6-9-17(10-7-14)26-21(28)15(2)27-13-25-22-20(23(27)29)18-11-8-16(24(3,4)5)12-19(18)30-22/h6-7,9-10,13,15-16H,8,11-12H2,1-5H3,(H,26,28)/t15-,16-/m0/s1. The fourth-order valence-electron chi connectivity index (χ4n) is 4.20. The zero-order chi connectivity index (χ0) is 21.6. The van der Waals surface area contributed by atoms with Crippen molar-refractivity contribution in [1.82, 2.24) is 9.55 Å². The Kier molecular flexibility index (Phi) is 5.30. The fraction of sp³-hybridized carbons (Fsp3) is 0.458. The summed E-state index contributed by atoms with van der Waals surface area (Å²) in [6, 6.07) is 6.98. The minimum Gasteiger partial charge on any atom is -0.324 e. The zero-order valence-electron chi connectivity index (χ0n) is 18.3. The predicted octanol–water partition coefficient (Wildman–Crippen LogP) is 5.12. The van der Waals surface area contributed by atoms with Crippen LogP contribution in [0.4, 0.5) is 5.69 Å². The third-order valence-electron chi connectivity index (χ3n) is 6.34. The lowest BCUT2D eigenvalue weighted by Gasteiger charge is -2.33. The van der Waals surface area contributed by atoms with Crippen molar-refractivity contribution in [1.29, 1.82) is 0 Å². The van der Waals surface area contributed by atoms with Gasteiger partial charge in [0.15, 0.2) is 0 Å². The van der Waals surface area contributed by atoms with Crippen LogP contribution in [0.15, 0.2) is 35.4 Å². The van der Waals surface area contributed by atoms with Crippen molar-refractivity contribution in [3.05, 3.63) is 57.0 Å². The van der Waals surface area contributed by atoms with Crippen LogP contribution in [0.1, 0.15) is 56.2 Å². The van der Waals surface area contributed by atoms with Crippen LogP contribution in [0.25, 0.3) is 10.2 Å². The molecular weight excluding hydrogens is 394 g/mol. The summed E-state index contributed by atoms with van der Waals surface area (Å²) in [7, 11) is 0. The number of aromatic nitrogens is 2. The maximum Gasteiger partial charge on any atom is 0.263 e. The van der Waals surface area contributed by atoms with Crippen LogP contribution in [0.3, 0.4) is 0 Å². The van der Waals surface area contributed by atoms with E-state index in [-0.39, 0.29) is 16.9 Å². The monoisotopic (exact) mass is 423 g/mol. The van der Waals surface area contributed by atoms with Gasteiger partial charge in [-0.05, 0) is 62.1 Å². The number of benzene rings is 1. The Morgan fingerprint density at radius 3 is 2.63 bits per heavy atom. The van der Waals surface area contributed by atoms with E-state index in [2.05, 4.69) is 31.1 Å². The molecule has 1 aliphatic rings. The largest absolute Gasteiger partial charge is 0.324 e. The Bertz CT molecular complexity index is 1150. The van der Waals surface area contributed by atoms with Crippen molar-refractivity contribution < 1.29 is 4.79 Å². The van der Waals surface area contributed by atoms with Gasteiger partial charge in [0.05, 0.1) is 11.7 Å². The number of rotatable bonds is 3. The molecule has 0 saturated carbocycles. The van der Waals surface area contributed by atoms with Crippen LogP contribution >= 0.6 is 11.3 Å². The van der Waals surface area contributed by atoms with E-state index in [1.54, 1.807) is 18.3 Å². The lowest BCUT2D eigenvalue weighted by Crippen LogP contribution is -2.32. The van der Waals surface area contributed by atoms with Gasteiger partial charge >= 0.3 is 0 Å². The summed E-state index contributed by atoms with van der Waals surface area (Å²) >= 11 is 1.64. The molecule has 0 aliphatic heterocycles. The Morgan fingerprint density at radius 1 is 1.27 bits per heavy atom. The van der Waals surface area contributed by atoms with E-state index in [0.717, 1.165) is 40.9 Å². The lowest BCUT2D eigenvalue weighted by molar-refractivity contribution is -0.118. The zero-order valence-corrected chi connectivity index (χ0v) is 19.1. The molecule has 0 saturated heterocycles. The highest BCUT2D eigenvalue weighted by atomic mass is 32.1. The minimum absolute atomic E-state index is 0.113. The highest BCUT2D eigenvalue weighted by Gasteiger charge is 2.32. The topological polar surface area (TPSA) is 64.0 Å². The molecule has 1 aliphatic carbocycles. The number of fused-ring (bicyclic) bond motifs is 3. The van der Waals surface area contributed by atoms with Crippen molar-refractivity contribution in [3.63, 3.8) is 0 Å². The highest BCUT2D eigenvalue weighted by molar-refractivity contribution is 7.18. The summed E-state index contributed by atoms with van der Waals surface area (Å²) < 4.78 is 1.47. The Balaban J connectivity index is 1.64. The molecule has 2 atom stereocenters. The van der Waals surface area contributed by atoms with Gasteiger partial charge in [-0.15, -0.1) is 11.3 Å². The van der Waals surface area contributed by atoms with Crippen LogP contribution in [-0.4, -0.2) is 15.5 Å². The number of nitrogens with one attached hydrogen (secondary N) is 1. The number of aryl methyl sites for hydroxylation is 2. The number of hydrogen-bond donors (Lipinski definition) is 1. The molecule has 6 heteroatoms. The van der Waals surface area contributed by atoms with E-state index in [0.29, 0.717) is 11.3 Å². The van der Waals surface area contributed by atoms with Crippen molar-refractivity contribution in [3.8, 4) is 0 Å². The van der Waals surface area contributed by atoms with E-state index >= 15 is 0 Å². The Hall–Kier alpha value is -2.47. The molecule has 0 bridgehead atoms. The first-order valence-corrected chi connectivity index (χ1v) is 11.4. The number of carbonyl (C=O) groups excluding carboxylic acids is 1. The quantitative estimate of drug-likeness (QED) is 0.636. The summed E-state index contributed by atoms with van der Waals surface area (Å²) in [6.45, 7) is 10.6. The van der Waals surface area contributed by atoms with Gasteiger partial charge in [0, 0.05) is 10.6 Å². The third kappa shape index (κ3) is 3.81. The second kappa shape index (κ2) is 7.65. The van der Waals surface area contributed by atoms with Gasteiger partial charge in [-0.25, -0.2) is 4.98 Å². The molecule has 1 amide bonds. The number of carbonyl (C=O) groups is 1. The van der Waals surface area contributed by atoms with E-state index in [1.807, 2.05) is 31.2 Å². The molecule has 1 N–H and O–H groups in total. The third-order valence-corrected chi connectivity index (χ3v) is 7.50. The summed E-state index contributed by atoms with van der Waals surface area (Å²) in [6.07, 6.45) is 4.51. The molecule has 5 nitrogen and oxygen atoms in total. The van der Waals surface area contributed by atoms with E-state index in [9.17, 15) is 9.59 Å². The molecule has 1 aromatic carbocycles. The van der Waals surface area contributed by atoms with Gasteiger partial charge in [-0.1, -0.05) is 38.5 Å². The van der Waals surface area contributed by atoms with Gasteiger partial charge < -0.3 is 5.32 Å². The van der Waals surface area contributed by atoms with E-state index in [4.69, 9.17) is 0 Å². The lowest BCUT2D eigenvalue weighted by atomic mass is 9.72. The first-order valence-electron chi connectivity index (χ1n) is 10.5. The first kappa shape index (κ1) is 20.8. The smallest absolute Gasteiger partial charge is 0.263 e. The maximum atomic E-state index is 13.3. The second-order valence-electron chi connectivity index (χ2n) is 9.48. The first-order chi connectivity index (χ1) is 14.1. The van der Waals surface area contributed by atoms with E-state index in [1.165, 1.54) is 15.8 Å². The Labute approximate surface area is 181 Å². The van der Waals surface area contributed by atoms with Gasteiger partial charge in [0.2, 0.25) is 5.91 Å². The average Bonchev–Trinajstić information content (AvgIpc) is 3.07. The molecule has 0 unspecified atom stereocenters. The molecule has 0 fully saturated rings. The minimum atomic E-state index is -0.642. The summed E-state index contributed by atoms with van der Waals surface area (Å²) in [4.78, 5) is 32.7. The fourth-order valence-corrected chi connectivity index (χ4v) is 5.46. The van der Waals surface area contributed by atoms with E-state index < -0.39 is 6.04 Å². The van der Waals surface area contributed by atoms with Crippen LogP contribution in [0.5, 0.6) is 0 Å². The molecule has 158 valence electrons. The molecule has 0 spiro atoms. The number of anilines is 1. The molecule has 2 heterocycles. The molecule has 2 aromatic heterocycles. The van der Waals surface area contributed by atoms with Crippen LogP contribution in [0, 0.1) is 18.3 Å². The highest BCUT2D eigenvalue weighted by Crippen LogP contribution is 2.42. The van der Waals surface area contributed by atoms with Crippen molar-refractivity contribution >= 4 is 33.1 Å². The average molecular weight is 424 g/mol. The summed E-state index contributed by atoms with van der Waals surface area (Å²) in [5.74, 6) is 0.387. The van der Waals surface area contributed by atoms with Gasteiger partial charge in [0.25, 0.3) is 5.56 Å². The molecule has 4 rings (SSSR count). The van der Waals surface area contributed by atoms with Crippen LogP contribution < -0.4 is 10.9 Å². The molecule has 3 aromatic rings. The predicted molar refractivity (Wildman–Crippen MR) is 123 cm³/mol. The normalized spacial score (nSPS) is 17.6. The maximum absolute atomic E-state index is 13.3. The second-order valence-corrected chi connectivity index (χ2v) is 10.6. The van der Waals surface area contributed by atoms with Gasteiger partial charge in [-0.3, -0.25) is 14.2 Å². The molecular formula is C24H29N3O2S.